The van der Waals surface area contributed by atoms with Gasteiger partial charge in [0.05, 0.1) is 0 Å². The summed E-state index contributed by atoms with van der Waals surface area (Å²) >= 11 is 0. The van der Waals surface area contributed by atoms with Crippen LogP contribution in [0.25, 0.3) is 0 Å². The first-order chi connectivity index (χ1) is 10.7. The fourth-order valence-corrected chi connectivity index (χ4v) is 2.50. The Bertz CT molecular complexity index is 569. The van der Waals surface area contributed by atoms with Gasteiger partial charge in [-0.15, -0.1) is 0 Å². The Morgan fingerprint density at radius 2 is 1.64 bits per heavy atom. The van der Waals surface area contributed by atoms with E-state index in [1.165, 1.54) is 5.56 Å². The number of nitrogens with one attached hydrogen (secondary N) is 1. The molecule has 0 aromatic heterocycles. The molecule has 0 fully saturated rings. The van der Waals surface area contributed by atoms with Crippen LogP contribution in [0.3, 0.4) is 0 Å². The van der Waals surface area contributed by atoms with E-state index in [-0.39, 0.29) is 18.0 Å². The molecule has 2 unspecified atom stereocenters. The molecule has 0 spiro atoms. The Morgan fingerprint density at radius 1 is 1.05 bits per heavy atom. The second-order valence-corrected chi connectivity index (χ2v) is 5.58. The summed E-state index contributed by atoms with van der Waals surface area (Å²) in [6, 6.07) is 19.9. The fraction of sp³-hybridized carbons (Fsp3) is 0.316. The van der Waals surface area contributed by atoms with Crippen molar-refractivity contribution in [3.63, 3.8) is 0 Å². The van der Waals surface area contributed by atoms with Gasteiger partial charge in [0.25, 0.3) is 0 Å². The average Bonchev–Trinajstić information content (AvgIpc) is 2.56. The summed E-state index contributed by atoms with van der Waals surface area (Å²) in [4.78, 5) is 12.2. The Hall–Kier alpha value is -2.13. The Morgan fingerprint density at radius 3 is 2.23 bits per heavy atom. The van der Waals surface area contributed by atoms with Gasteiger partial charge in [-0.2, -0.15) is 0 Å². The van der Waals surface area contributed by atoms with Crippen molar-refractivity contribution >= 4 is 5.91 Å². The number of carbonyl (C=O) groups excluding carboxylic acids is 1. The van der Waals surface area contributed by atoms with Gasteiger partial charge in [0.2, 0.25) is 5.91 Å². The number of nitrogens with two attached hydrogens (primary N) is 1. The minimum absolute atomic E-state index is 0.0131. The Kier molecular flexibility index (Phi) is 6.16. The van der Waals surface area contributed by atoms with Crippen LogP contribution in [0.15, 0.2) is 60.7 Å². The fourth-order valence-electron chi connectivity index (χ4n) is 2.50. The zero-order chi connectivity index (χ0) is 15.8. The van der Waals surface area contributed by atoms with Crippen LogP contribution >= 0.6 is 0 Å². The van der Waals surface area contributed by atoms with Gasteiger partial charge in [-0.05, 0) is 24.0 Å². The van der Waals surface area contributed by atoms with Crippen molar-refractivity contribution in [3.8, 4) is 0 Å². The highest BCUT2D eigenvalue weighted by Crippen LogP contribution is 2.13. The van der Waals surface area contributed by atoms with Crippen molar-refractivity contribution in [2.24, 2.45) is 5.73 Å². The number of amides is 1. The number of hydrogen-bond acceptors (Lipinski definition) is 2. The molecule has 0 heterocycles. The second kappa shape index (κ2) is 8.35. The lowest BCUT2D eigenvalue weighted by molar-refractivity contribution is -0.122. The molecule has 2 aromatic rings. The van der Waals surface area contributed by atoms with Crippen molar-refractivity contribution in [1.82, 2.24) is 5.32 Å². The van der Waals surface area contributed by atoms with E-state index in [1.807, 2.05) is 48.5 Å². The molecule has 3 N–H and O–H groups in total. The maximum atomic E-state index is 12.2. The second-order valence-electron chi connectivity index (χ2n) is 5.58. The summed E-state index contributed by atoms with van der Waals surface area (Å²) < 4.78 is 0. The van der Waals surface area contributed by atoms with Crippen molar-refractivity contribution < 1.29 is 4.79 Å². The summed E-state index contributed by atoms with van der Waals surface area (Å²) in [6.45, 7) is 2.09. The minimum atomic E-state index is -0.254. The van der Waals surface area contributed by atoms with E-state index in [0.29, 0.717) is 6.42 Å². The molecule has 0 aliphatic carbocycles. The lowest BCUT2D eigenvalue weighted by Gasteiger charge is -2.19. The monoisotopic (exact) mass is 296 g/mol. The molecule has 2 atom stereocenters. The van der Waals surface area contributed by atoms with E-state index in [4.69, 9.17) is 5.73 Å². The Balaban J connectivity index is 1.87. The molecule has 0 radical (unpaired) electrons. The van der Waals surface area contributed by atoms with Gasteiger partial charge in [0.15, 0.2) is 0 Å². The molecular formula is C19H24N2O. The zero-order valence-corrected chi connectivity index (χ0v) is 13.0. The van der Waals surface area contributed by atoms with E-state index in [9.17, 15) is 4.79 Å². The molecule has 2 aromatic carbocycles. The van der Waals surface area contributed by atoms with Gasteiger partial charge in [-0.25, -0.2) is 0 Å². The van der Waals surface area contributed by atoms with Crippen LogP contribution in [0.5, 0.6) is 0 Å². The molecular weight excluding hydrogens is 272 g/mol. The predicted octanol–water partition coefficient (Wildman–Crippen LogP) is 3.21. The van der Waals surface area contributed by atoms with E-state index in [0.717, 1.165) is 18.4 Å². The van der Waals surface area contributed by atoms with Gasteiger partial charge in [0, 0.05) is 18.5 Å². The molecule has 116 valence electrons. The van der Waals surface area contributed by atoms with Gasteiger partial charge >= 0.3 is 0 Å². The molecule has 3 nitrogen and oxygen atoms in total. The van der Waals surface area contributed by atoms with Gasteiger partial charge in [-0.1, -0.05) is 67.6 Å². The lowest BCUT2D eigenvalue weighted by atomic mass is 10.0. The summed E-state index contributed by atoms with van der Waals surface area (Å²) in [6.07, 6.45) is 2.07. The number of hydrogen-bond donors (Lipinski definition) is 2. The highest BCUT2D eigenvalue weighted by Gasteiger charge is 2.15. The molecule has 0 saturated heterocycles. The van der Waals surface area contributed by atoms with E-state index >= 15 is 0 Å². The molecule has 0 saturated carbocycles. The van der Waals surface area contributed by atoms with Crippen molar-refractivity contribution in [1.29, 1.82) is 0 Å². The molecule has 0 bridgehead atoms. The summed E-state index contributed by atoms with van der Waals surface area (Å²) in [7, 11) is 0. The lowest BCUT2D eigenvalue weighted by Crippen LogP contribution is -2.37. The molecule has 2 rings (SSSR count). The van der Waals surface area contributed by atoms with Crippen LogP contribution in [0.2, 0.25) is 0 Å². The SMILES string of the molecule is CCC(Cc1ccccc1)NC(=O)CC(N)c1ccccc1. The summed E-state index contributed by atoms with van der Waals surface area (Å²) in [5, 5.41) is 3.10. The van der Waals surface area contributed by atoms with E-state index in [2.05, 4.69) is 24.4 Å². The number of carbonyl (C=O) groups is 1. The minimum Gasteiger partial charge on any atom is -0.353 e. The first kappa shape index (κ1) is 16.2. The zero-order valence-electron chi connectivity index (χ0n) is 13.0. The van der Waals surface area contributed by atoms with E-state index < -0.39 is 0 Å². The maximum absolute atomic E-state index is 12.2. The largest absolute Gasteiger partial charge is 0.353 e. The average molecular weight is 296 g/mol. The standard InChI is InChI=1S/C19H24N2O/c1-2-17(13-15-9-5-3-6-10-15)21-19(22)14-18(20)16-11-7-4-8-12-16/h3-12,17-18H,2,13-14,20H2,1H3,(H,21,22). The topological polar surface area (TPSA) is 55.1 Å². The van der Waals surface area contributed by atoms with Crippen molar-refractivity contribution in [2.75, 3.05) is 0 Å². The maximum Gasteiger partial charge on any atom is 0.222 e. The van der Waals surface area contributed by atoms with Crippen LogP contribution < -0.4 is 11.1 Å². The van der Waals surface area contributed by atoms with Crippen LogP contribution in [0.4, 0.5) is 0 Å². The third kappa shape index (κ3) is 5.01. The summed E-state index contributed by atoms with van der Waals surface area (Å²) in [5.41, 5.74) is 8.34. The van der Waals surface area contributed by atoms with Crippen molar-refractivity contribution in [2.45, 2.75) is 38.3 Å². The van der Waals surface area contributed by atoms with Gasteiger partial charge in [-0.3, -0.25) is 4.79 Å². The molecule has 0 aliphatic rings. The number of rotatable bonds is 7. The smallest absolute Gasteiger partial charge is 0.222 e. The highest BCUT2D eigenvalue weighted by atomic mass is 16.1. The Labute approximate surface area is 132 Å². The van der Waals surface area contributed by atoms with Crippen molar-refractivity contribution in [3.05, 3.63) is 71.8 Å². The van der Waals surface area contributed by atoms with E-state index in [1.54, 1.807) is 0 Å². The molecule has 22 heavy (non-hydrogen) atoms. The first-order valence-corrected chi connectivity index (χ1v) is 7.83. The van der Waals surface area contributed by atoms with Crippen LogP contribution in [-0.4, -0.2) is 11.9 Å². The molecule has 0 aliphatic heterocycles. The predicted molar refractivity (Wildman–Crippen MR) is 90.4 cm³/mol. The normalized spacial score (nSPS) is 13.4. The van der Waals surface area contributed by atoms with Crippen LogP contribution in [-0.2, 0) is 11.2 Å². The number of benzene rings is 2. The summed E-state index contributed by atoms with van der Waals surface area (Å²) in [5.74, 6) is 0.0131. The third-order valence-electron chi connectivity index (χ3n) is 3.82. The highest BCUT2D eigenvalue weighted by molar-refractivity contribution is 5.77. The molecule has 1 amide bonds. The quantitative estimate of drug-likeness (QED) is 0.824. The van der Waals surface area contributed by atoms with Crippen LogP contribution in [0, 0.1) is 0 Å². The van der Waals surface area contributed by atoms with Crippen LogP contribution in [0.1, 0.15) is 36.9 Å². The van der Waals surface area contributed by atoms with Gasteiger partial charge < -0.3 is 11.1 Å². The molecule has 3 heteroatoms. The first-order valence-electron chi connectivity index (χ1n) is 7.83. The third-order valence-corrected chi connectivity index (χ3v) is 3.82. The van der Waals surface area contributed by atoms with Gasteiger partial charge in [0.1, 0.15) is 0 Å².